The van der Waals surface area contributed by atoms with Crippen molar-refractivity contribution in [1.29, 1.82) is 0 Å². The third-order valence-electron chi connectivity index (χ3n) is 7.26. The highest BCUT2D eigenvalue weighted by Gasteiger charge is 2.08. The fourth-order valence-corrected chi connectivity index (χ4v) is 4.58. The molecule has 0 saturated heterocycles. The second-order valence-electron chi connectivity index (χ2n) is 11.5. The van der Waals surface area contributed by atoms with Gasteiger partial charge in [-0.3, -0.25) is 0 Å². The summed E-state index contributed by atoms with van der Waals surface area (Å²) in [6.07, 6.45) is 14.9. The largest absolute Gasteiger partial charge is 0.490 e. The van der Waals surface area contributed by atoms with Crippen molar-refractivity contribution in [1.82, 2.24) is 0 Å². The third-order valence-corrected chi connectivity index (χ3v) is 7.26. The molecule has 47 heavy (non-hydrogen) atoms. The first-order chi connectivity index (χ1) is 23.3. The van der Waals surface area contributed by atoms with Crippen LogP contribution in [0.15, 0.2) is 18.2 Å². The Morgan fingerprint density at radius 1 is 0.404 bits per heavy atom. The van der Waals surface area contributed by atoms with E-state index in [1.54, 1.807) is 0 Å². The Morgan fingerprint density at radius 2 is 0.787 bits per heavy atom. The number of aliphatic hydroxyl groups excluding tert-OH is 1. The smallest absolute Gasteiger partial charge is 0.161 e. The lowest BCUT2D eigenvalue weighted by Gasteiger charge is -2.15. The van der Waals surface area contributed by atoms with Gasteiger partial charge < -0.3 is 47.7 Å². The third kappa shape index (κ3) is 29.2. The summed E-state index contributed by atoms with van der Waals surface area (Å²) >= 11 is 0. The molecule has 0 spiro atoms. The molecule has 0 aliphatic rings. The molecule has 0 aliphatic heterocycles. The Morgan fingerprint density at radius 3 is 1.23 bits per heavy atom. The number of ether oxygens (including phenoxy) is 9. The Kier molecular flexibility index (Phi) is 33.1. The zero-order valence-corrected chi connectivity index (χ0v) is 29.9. The summed E-state index contributed by atoms with van der Waals surface area (Å²) in [6.45, 7) is 12.9. The molecule has 1 rings (SSSR count). The van der Waals surface area contributed by atoms with Crippen LogP contribution in [0.3, 0.4) is 0 Å². The maximum Gasteiger partial charge on any atom is 0.161 e. The quantitative estimate of drug-likeness (QED) is 0.0757. The van der Waals surface area contributed by atoms with Crippen LogP contribution in [0, 0.1) is 0 Å². The van der Waals surface area contributed by atoms with E-state index in [0.29, 0.717) is 99.1 Å². The minimum absolute atomic E-state index is 0.0291. The molecule has 10 nitrogen and oxygen atoms in total. The summed E-state index contributed by atoms with van der Waals surface area (Å²) < 4.78 is 50.8. The van der Waals surface area contributed by atoms with E-state index in [1.165, 1.54) is 64.2 Å². The van der Waals surface area contributed by atoms with Crippen LogP contribution in [0.5, 0.6) is 11.5 Å². The molecule has 0 amide bonds. The fourth-order valence-electron chi connectivity index (χ4n) is 4.58. The van der Waals surface area contributed by atoms with Gasteiger partial charge >= 0.3 is 0 Å². The van der Waals surface area contributed by atoms with Crippen molar-refractivity contribution in [2.75, 3.05) is 106 Å². The average Bonchev–Trinajstić information content (AvgIpc) is 3.08. The fraction of sp³-hybridized carbons (Fsp3) is 0.838. The van der Waals surface area contributed by atoms with Crippen LogP contribution in [0.2, 0.25) is 0 Å². The maximum absolute atomic E-state index is 8.61. The highest BCUT2D eigenvalue weighted by atomic mass is 16.6. The lowest BCUT2D eigenvalue weighted by Crippen LogP contribution is -2.14. The first kappa shape index (κ1) is 43.5. The van der Waals surface area contributed by atoms with Crippen LogP contribution in [-0.2, 0) is 39.8 Å². The minimum atomic E-state index is 0.0291. The van der Waals surface area contributed by atoms with E-state index in [9.17, 15) is 0 Å². The standard InChI is InChI=1S/C37H68O10/c1-3-5-7-9-11-13-18-46-36-16-15-35(33-37(36)47-19-14-12-10-8-6-4-2)34-45-32-31-44-30-29-43-28-27-42-26-25-41-24-23-40-22-21-39-20-17-38/h15-16,33,38H,3-14,17-32,34H2,1-2H3. The summed E-state index contributed by atoms with van der Waals surface area (Å²) in [7, 11) is 0. The molecule has 0 aliphatic carbocycles. The molecule has 0 saturated carbocycles. The van der Waals surface area contributed by atoms with Gasteiger partial charge in [0, 0.05) is 0 Å². The Labute approximate surface area is 286 Å². The zero-order valence-electron chi connectivity index (χ0n) is 29.9. The van der Waals surface area contributed by atoms with Crippen molar-refractivity contribution in [2.45, 2.75) is 97.5 Å². The minimum Gasteiger partial charge on any atom is -0.490 e. The Hall–Kier alpha value is -1.50. The predicted octanol–water partition coefficient (Wildman–Crippen LogP) is 6.77. The van der Waals surface area contributed by atoms with Gasteiger partial charge in [0.25, 0.3) is 0 Å². The summed E-state index contributed by atoms with van der Waals surface area (Å²) in [6, 6.07) is 6.14. The molecule has 1 aromatic rings. The average molecular weight is 673 g/mol. The molecule has 10 heteroatoms. The van der Waals surface area contributed by atoms with Gasteiger partial charge in [0.15, 0.2) is 11.5 Å². The van der Waals surface area contributed by atoms with Gasteiger partial charge in [0.2, 0.25) is 0 Å². The number of rotatable bonds is 38. The Bertz CT molecular complexity index is 767. The summed E-state index contributed by atoms with van der Waals surface area (Å²) in [5.41, 5.74) is 1.07. The number of aliphatic hydroxyl groups is 1. The highest BCUT2D eigenvalue weighted by molar-refractivity contribution is 5.42. The SMILES string of the molecule is CCCCCCCCOc1ccc(COCCOCCOCCOCCOCCOCCOCCO)cc1OCCCCCCCC. The molecule has 0 unspecified atom stereocenters. The van der Waals surface area contributed by atoms with Crippen LogP contribution < -0.4 is 9.47 Å². The summed E-state index contributed by atoms with van der Waals surface area (Å²) in [5.74, 6) is 1.65. The van der Waals surface area contributed by atoms with Crippen molar-refractivity contribution < 1.29 is 47.7 Å². The summed E-state index contributed by atoms with van der Waals surface area (Å²) in [5, 5.41) is 8.61. The topological polar surface area (TPSA) is 103 Å². The second-order valence-corrected chi connectivity index (χ2v) is 11.5. The van der Waals surface area contributed by atoms with Crippen molar-refractivity contribution in [2.24, 2.45) is 0 Å². The molecule has 0 aromatic heterocycles. The maximum atomic E-state index is 8.61. The van der Waals surface area contributed by atoms with Gasteiger partial charge in [-0.05, 0) is 30.5 Å². The van der Waals surface area contributed by atoms with E-state index >= 15 is 0 Å². The number of benzene rings is 1. The van der Waals surface area contributed by atoms with Gasteiger partial charge in [-0.25, -0.2) is 0 Å². The van der Waals surface area contributed by atoms with Crippen LogP contribution in [0.4, 0.5) is 0 Å². The first-order valence-corrected chi connectivity index (χ1v) is 18.3. The van der Waals surface area contributed by atoms with Crippen LogP contribution in [0.1, 0.15) is 96.5 Å². The predicted molar refractivity (Wildman–Crippen MR) is 186 cm³/mol. The number of hydrogen-bond donors (Lipinski definition) is 1. The molecule has 0 bridgehead atoms. The van der Waals surface area contributed by atoms with Crippen molar-refractivity contribution in [3.63, 3.8) is 0 Å². The molecular formula is C37H68O10. The van der Waals surface area contributed by atoms with Gasteiger partial charge in [-0.1, -0.05) is 84.1 Å². The second kappa shape index (κ2) is 35.8. The molecule has 0 fully saturated rings. The summed E-state index contributed by atoms with van der Waals surface area (Å²) in [4.78, 5) is 0. The van der Waals surface area contributed by atoms with Gasteiger partial charge in [0.1, 0.15) is 0 Å². The van der Waals surface area contributed by atoms with Crippen molar-refractivity contribution >= 4 is 0 Å². The normalized spacial score (nSPS) is 11.4. The molecule has 0 atom stereocenters. The highest BCUT2D eigenvalue weighted by Crippen LogP contribution is 2.29. The lowest BCUT2D eigenvalue weighted by molar-refractivity contribution is -0.0220. The monoisotopic (exact) mass is 672 g/mol. The van der Waals surface area contributed by atoms with Gasteiger partial charge in [-0.2, -0.15) is 0 Å². The van der Waals surface area contributed by atoms with Crippen molar-refractivity contribution in [3.05, 3.63) is 23.8 Å². The molecule has 0 heterocycles. The van der Waals surface area contributed by atoms with Crippen molar-refractivity contribution in [3.8, 4) is 11.5 Å². The van der Waals surface area contributed by atoms with E-state index in [-0.39, 0.29) is 6.61 Å². The zero-order chi connectivity index (χ0) is 33.7. The van der Waals surface area contributed by atoms with E-state index in [1.807, 2.05) is 6.07 Å². The lowest BCUT2D eigenvalue weighted by atomic mass is 10.1. The van der Waals surface area contributed by atoms with E-state index in [4.69, 9.17) is 47.7 Å². The van der Waals surface area contributed by atoms with E-state index in [0.717, 1.165) is 36.5 Å². The molecule has 276 valence electrons. The molecule has 1 N–H and O–H groups in total. The molecule has 0 radical (unpaired) electrons. The van der Waals surface area contributed by atoms with Gasteiger partial charge in [0.05, 0.1) is 112 Å². The van der Waals surface area contributed by atoms with Crippen LogP contribution in [-0.4, -0.2) is 111 Å². The van der Waals surface area contributed by atoms with Gasteiger partial charge in [-0.15, -0.1) is 0 Å². The van der Waals surface area contributed by atoms with E-state index in [2.05, 4.69) is 26.0 Å². The first-order valence-electron chi connectivity index (χ1n) is 18.3. The number of hydrogen-bond acceptors (Lipinski definition) is 10. The molecule has 1 aromatic carbocycles. The molecular weight excluding hydrogens is 604 g/mol. The Balaban J connectivity index is 2.11. The van der Waals surface area contributed by atoms with Crippen LogP contribution in [0.25, 0.3) is 0 Å². The number of unbranched alkanes of at least 4 members (excludes halogenated alkanes) is 10. The van der Waals surface area contributed by atoms with E-state index < -0.39 is 0 Å². The van der Waals surface area contributed by atoms with Crippen LogP contribution >= 0.6 is 0 Å².